The van der Waals surface area contributed by atoms with Crippen molar-refractivity contribution in [2.24, 2.45) is 17.8 Å². The third-order valence-corrected chi connectivity index (χ3v) is 5.12. The summed E-state index contributed by atoms with van der Waals surface area (Å²) < 4.78 is 0. The topological polar surface area (TPSA) is 12.0 Å². The summed E-state index contributed by atoms with van der Waals surface area (Å²) in [5.74, 6) is 2.95. The number of aryl methyl sites for hydroxylation is 1. The van der Waals surface area contributed by atoms with Crippen LogP contribution in [0.4, 0.5) is 0 Å². The molecule has 3 unspecified atom stereocenters. The largest absolute Gasteiger partial charge is 0.310 e. The van der Waals surface area contributed by atoms with Gasteiger partial charge >= 0.3 is 0 Å². The van der Waals surface area contributed by atoms with Crippen molar-refractivity contribution in [3.63, 3.8) is 0 Å². The normalized spacial score (nSPS) is 30.7. The third-order valence-electron chi connectivity index (χ3n) is 5.12. The lowest BCUT2D eigenvalue weighted by molar-refractivity contribution is 0.445. The maximum absolute atomic E-state index is 3.83. The molecule has 0 aromatic heterocycles. The van der Waals surface area contributed by atoms with Gasteiger partial charge in [-0.3, -0.25) is 0 Å². The zero-order valence-electron chi connectivity index (χ0n) is 12.4. The molecule has 0 radical (unpaired) electrons. The average Bonchev–Trinajstić information content (AvgIpc) is 3.14. The van der Waals surface area contributed by atoms with Crippen LogP contribution in [0.5, 0.6) is 0 Å². The highest BCUT2D eigenvalue weighted by molar-refractivity contribution is 5.28. The Kier molecular flexibility index (Phi) is 3.93. The number of hydrogen-bond donors (Lipinski definition) is 1. The third kappa shape index (κ3) is 2.72. The van der Waals surface area contributed by atoms with Gasteiger partial charge < -0.3 is 5.32 Å². The van der Waals surface area contributed by atoms with Gasteiger partial charge in [-0.25, -0.2) is 0 Å². The van der Waals surface area contributed by atoms with Crippen LogP contribution in [0.1, 0.15) is 56.2 Å². The van der Waals surface area contributed by atoms with E-state index >= 15 is 0 Å². The summed E-state index contributed by atoms with van der Waals surface area (Å²) in [7, 11) is 0. The zero-order valence-corrected chi connectivity index (χ0v) is 12.4. The van der Waals surface area contributed by atoms with E-state index in [0.29, 0.717) is 6.04 Å². The molecule has 2 saturated carbocycles. The highest BCUT2D eigenvalue weighted by Gasteiger charge is 2.54. The van der Waals surface area contributed by atoms with E-state index in [1.807, 2.05) is 0 Å². The van der Waals surface area contributed by atoms with Gasteiger partial charge in [0.25, 0.3) is 0 Å². The number of benzene rings is 1. The molecule has 104 valence electrons. The molecule has 1 aromatic carbocycles. The van der Waals surface area contributed by atoms with Crippen molar-refractivity contribution in [1.29, 1.82) is 0 Å². The number of fused-ring (bicyclic) bond motifs is 1. The van der Waals surface area contributed by atoms with E-state index in [1.165, 1.54) is 43.2 Å². The van der Waals surface area contributed by atoms with Crippen LogP contribution in [-0.2, 0) is 0 Å². The molecular weight excluding hydrogens is 230 g/mol. The van der Waals surface area contributed by atoms with E-state index in [4.69, 9.17) is 0 Å². The molecule has 1 nitrogen and oxygen atoms in total. The Bertz CT molecular complexity index is 413. The summed E-state index contributed by atoms with van der Waals surface area (Å²) in [5.41, 5.74) is 2.91. The SMILES string of the molecule is CCCNC(c1cccc(C)c1)C1C2CCCCC21. The highest BCUT2D eigenvalue weighted by Crippen LogP contribution is 2.60. The van der Waals surface area contributed by atoms with Crippen molar-refractivity contribution in [2.45, 2.75) is 52.0 Å². The van der Waals surface area contributed by atoms with Gasteiger partial charge in [-0.1, -0.05) is 49.6 Å². The smallest absolute Gasteiger partial charge is 0.0354 e. The Morgan fingerprint density at radius 2 is 1.95 bits per heavy atom. The van der Waals surface area contributed by atoms with Crippen molar-refractivity contribution >= 4 is 0 Å². The van der Waals surface area contributed by atoms with E-state index in [-0.39, 0.29) is 0 Å². The molecule has 0 aliphatic heterocycles. The minimum atomic E-state index is 0.605. The monoisotopic (exact) mass is 257 g/mol. The Labute approximate surface area is 117 Å². The molecular formula is C18H27N. The average molecular weight is 257 g/mol. The quantitative estimate of drug-likeness (QED) is 0.820. The second kappa shape index (κ2) is 5.66. The molecule has 2 aliphatic rings. The summed E-state index contributed by atoms with van der Waals surface area (Å²) >= 11 is 0. The summed E-state index contributed by atoms with van der Waals surface area (Å²) in [5, 5.41) is 3.83. The van der Waals surface area contributed by atoms with Crippen LogP contribution in [0.3, 0.4) is 0 Å². The second-order valence-corrected chi connectivity index (χ2v) is 6.54. The number of nitrogens with one attached hydrogen (secondary N) is 1. The Morgan fingerprint density at radius 3 is 2.58 bits per heavy atom. The van der Waals surface area contributed by atoms with Crippen molar-refractivity contribution in [2.75, 3.05) is 6.54 Å². The lowest BCUT2D eigenvalue weighted by Crippen LogP contribution is -2.25. The Hall–Kier alpha value is -0.820. The van der Waals surface area contributed by atoms with Crippen LogP contribution in [-0.4, -0.2) is 6.54 Å². The minimum Gasteiger partial charge on any atom is -0.310 e. The lowest BCUT2D eigenvalue weighted by atomic mass is 9.98. The van der Waals surface area contributed by atoms with Gasteiger partial charge in [0.15, 0.2) is 0 Å². The van der Waals surface area contributed by atoms with E-state index in [1.54, 1.807) is 0 Å². The van der Waals surface area contributed by atoms with E-state index < -0.39 is 0 Å². The number of rotatable bonds is 5. The summed E-state index contributed by atoms with van der Waals surface area (Å²) in [6, 6.07) is 9.74. The predicted octanol–water partition coefficient (Wildman–Crippen LogP) is 4.47. The standard InChI is InChI=1S/C18H27N/c1-3-11-19-18(14-8-6-7-13(2)12-14)17-15-9-4-5-10-16(15)17/h6-8,12,15-19H,3-5,9-11H2,1-2H3. The van der Waals surface area contributed by atoms with Crippen molar-refractivity contribution in [3.05, 3.63) is 35.4 Å². The molecule has 0 bridgehead atoms. The molecule has 0 saturated heterocycles. The van der Waals surface area contributed by atoms with Crippen LogP contribution in [0.15, 0.2) is 24.3 Å². The van der Waals surface area contributed by atoms with Crippen molar-refractivity contribution < 1.29 is 0 Å². The van der Waals surface area contributed by atoms with E-state index in [9.17, 15) is 0 Å². The van der Waals surface area contributed by atoms with Crippen LogP contribution < -0.4 is 5.32 Å². The second-order valence-electron chi connectivity index (χ2n) is 6.54. The summed E-state index contributed by atoms with van der Waals surface area (Å²) in [4.78, 5) is 0. The first kappa shape index (κ1) is 13.2. The lowest BCUT2D eigenvalue weighted by Gasteiger charge is -2.20. The molecule has 0 heterocycles. The Morgan fingerprint density at radius 1 is 1.21 bits per heavy atom. The molecule has 3 atom stereocenters. The summed E-state index contributed by atoms with van der Waals surface area (Å²) in [6.07, 6.45) is 7.11. The first-order valence-corrected chi connectivity index (χ1v) is 8.11. The van der Waals surface area contributed by atoms with Crippen LogP contribution >= 0.6 is 0 Å². The van der Waals surface area contributed by atoms with Gasteiger partial charge in [-0.2, -0.15) is 0 Å². The number of hydrogen-bond acceptors (Lipinski definition) is 1. The van der Waals surface area contributed by atoms with E-state index in [2.05, 4.69) is 43.4 Å². The van der Waals surface area contributed by atoms with Gasteiger partial charge in [0, 0.05) is 6.04 Å². The maximum Gasteiger partial charge on any atom is 0.0354 e. The first-order valence-electron chi connectivity index (χ1n) is 8.11. The molecule has 1 heteroatoms. The molecule has 1 N–H and O–H groups in total. The minimum absolute atomic E-state index is 0.605. The van der Waals surface area contributed by atoms with E-state index in [0.717, 1.165) is 24.3 Å². The predicted molar refractivity (Wildman–Crippen MR) is 81.2 cm³/mol. The highest BCUT2D eigenvalue weighted by atomic mass is 14.9. The van der Waals surface area contributed by atoms with Gasteiger partial charge in [-0.05, 0) is 56.0 Å². The molecule has 2 fully saturated rings. The molecule has 0 spiro atoms. The zero-order chi connectivity index (χ0) is 13.2. The van der Waals surface area contributed by atoms with Crippen LogP contribution in [0.2, 0.25) is 0 Å². The van der Waals surface area contributed by atoms with Gasteiger partial charge in [0.2, 0.25) is 0 Å². The molecule has 3 rings (SSSR count). The fourth-order valence-electron chi connectivity index (χ4n) is 4.18. The van der Waals surface area contributed by atoms with Crippen LogP contribution in [0, 0.1) is 24.7 Å². The van der Waals surface area contributed by atoms with Crippen molar-refractivity contribution in [1.82, 2.24) is 5.32 Å². The van der Waals surface area contributed by atoms with Gasteiger partial charge in [-0.15, -0.1) is 0 Å². The molecule has 2 aliphatic carbocycles. The Balaban J connectivity index is 1.78. The van der Waals surface area contributed by atoms with Crippen molar-refractivity contribution in [3.8, 4) is 0 Å². The fraction of sp³-hybridized carbons (Fsp3) is 0.667. The first-order chi connectivity index (χ1) is 9.31. The maximum atomic E-state index is 3.83. The molecule has 1 aromatic rings. The van der Waals surface area contributed by atoms with Gasteiger partial charge in [0.1, 0.15) is 0 Å². The molecule has 19 heavy (non-hydrogen) atoms. The van der Waals surface area contributed by atoms with Crippen LogP contribution in [0.25, 0.3) is 0 Å². The fourth-order valence-corrected chi connectivity index (χ4v) is 4.18. The molecule has 0 amide bonds. The summed E-state index contributed by atoms with van der Waals surface area (Å²) in [6.45, 7) is 5.62. The van der Waals surface area contributed by atoms with Gasteiger partial charge in [0.05, 0.1) is 0 Å².